The summed E-state index contributed by atoms with van der Waals surface area (Å²) in [6.45, 7) is 3.70. The van der Waals surface area contributed by atoms with E-state index in [9.17, 15) is 9.59 Å². The van der Waals surface area contributed by atoms with E-state index in [1.807, 2.05) is 24.3 Å². The van der Waals surface area contributed by atoms with Crippen molar-refractivity contribution in [2.24, 2.45) is 0 Å². The highest BCUT2D eigenvalue weighted by atomic mass is 16.2. The number of carbonyl (C=O) groups excluding carboxylic acids is 2. The van der Waals surface area contributed by atoms with Crippen LogP contribution in [-0.2, 0) is 16.0 Å². The fraction of sp³-hybridized carbons (Fsp3) is 0.333. The Bertz CT molecular complexity index is 360. The summed E-state index contributed by atoms with van der Waals surface area (Å²) in [6, 6.07) is 7.11. The minimum Gasteiger partial charge on any atom is -0.347 e. The third-order valence-electron chi connectivity index (χ3n) is 2.34. The molecule has 1 aromatic rings. The molecular formula is C12H16N2O2. The Morgan fingerprint density at radius 2 is 2.00 bits per heavy atom. The molecule has 0 aromatic heterocycles. The maximum atomic E-state index is 11.5. The molecule has 0 aliphatic carbocycles. The zero-order chi connectivity index (χ0) is 12.0. The van der Waals surface area contributed by atoms with E-state index in [-0.39, 0.29) is 5.91 Å². The normalized spacial score (nSPS) is 11.6. The quantitative estimate of drug-likeness (QED) is 0.735. The zero-order valence-corrected chi connectivity index (χ0v) is 9.49. The maximum Gasteiger partial charge on any atom is 0.246 e. The Balaban J connectivity index is 2.58. The van der Waals surface area contributed by atoms with Gasteiger partial charge in [-0.1, -0.05) is 19.1 Å². The first-order valence-electron chi connectivity index (χ1n) is 5.27. The first-order valence-corrected chi connectivity index (χ1v) is 5.27. The number of hydrogen-bond acceptors (Lipinski definition) is 2. The van der Waals surface area contributed by atoms with Gasteiger partial charge in [-0.15, -0.1) is 0 Å². The van der Waals surface area contributed by atoms with Crippen LogP contribution in [0, 0.1) is 0 Å². The summed E-state index contributed by atoms with van der Waals surface area (Å²) in [5.74, 6) is -0.226. The van der Waals surface area contributed by atoms with Crippen LogP contribution in [0.5, 0.6) is 0 Å². The molecular weight excluding hydrogens is 204 g/mol. The zero-order valence-electron chi connectivity index (χ0n) is 9.49. The summed E-state index contributed by atoms with van der Waals surface area (Å²) in [5.41, 5.74) is 1.96. The highest BCUT2D eigenvalue weighted by Crippen LogP contribution is 2.10. The van der Waals surface area contributed by atoms with Crippen molar-refractivity contribution in [3.05, 3.63) is 29.8 Å². The van der Waals surface area contributed by atoms with E-state index in [1.54, 1.807) is 6.92 Å². The van der Waals surface area contributed by atoms with Gasteiger partial charge in [0.05, 0.1) is 0 Å². The van der Waals surface area contributed by atoms with Crippen molar-refractivity contribution < 1.29 is 9.59 Å². The minimum absolute atomic E-state index is 0.226. The van der Waals surface area contributed by atoms with Crippen LogP contribution in [0.4, 0.5) is 5.69 Å². The third-order valence-corrected chi connectivity index (χ3v) is 2.34. The van der Waals surface area contributed by atoms with Crippen LogP contribution in [0.25, 0.3) is 0 Å². The molecule has 16 heavy (non-hydrogen) atoms. The molecule has 0 saturated heterocycles. The Morgan fingerprint density at radius 1 is 1.38 bits per heavy atom. The second kappa shape index (κ2) is 5.90. The SMILES string of the molecule is CCc1ccc(NC(=O)C(C)NC=O)cc1. The third kappa shape index (κ3) is 3.38. The predicted molar refractivity (Wildman–Crippen MR) is 63.1 cm³/mol. The van der Waals surface area contributed by atoms with Crippen molar-refractivity contribution in [3.8, 4) is 0 Å². The molecule has 4 nitrogen and oxygen atoms in total. The van der Waals surface area contributed by atoms with Crippen LogP contribution in [0.15, 0.2) is 24.3 Å². The lowest BCUT2D eigenvalue weighted by atomic mass is 10.1. The van der Waals surface area contributed by atoms with Gasteiger partial charge in [-0.25, -0.2) is 0 Å². The van der Waals surface area contributed by atoms with Gasteiger partial charge in [-0.2, -0.15) is 0 Å². The smallest absolute Gasteiger partial charge is 0.246 e. The van der Waals surface area contributed by atoms with E-state index >= 15 is 0 Å². The second-order valence-electron chi connectivity index (χ2n) is 3.55. The number of hydrogen-bond donors (Lipinski definition) is 2. The van der Waals surface area contributed by atoms with Gasteiger partial charge in [0.15, 0.2) is 0 Å². The largest absolute Gasteiger partial charge is 0.347 e. The highest BCUT2D eigenvalue weighted by Gasteiger charge is 2.10. The van der Waals surface area contributed by atoms with Crippen LogP contribution >= 0.6 is 0 Å². The molecule has 2 N–H and O–H groups in total. The summed E-state index contributed by atoms with van der Waals surface area (Å²) in [5, 5.41) is 5.11. The topological polar surface area (TPSA) is 58.2 Å². The van der Waals surface area contributed by atoms with Crippen molar-refractivity contribution in [1.82, 2.24) is 5.32 Å². The number of amides is 2. The molecule has 0 bridgehead atoms. The second-order valence-corrected chi connectivity index (χ2v) is 3.55. The molecule has 0 heterocycles. The lowest BCUT2D eigenvalue weighted by molar-refractivity contribution is -0.120. The summed E-state index contributed by atoms with van der Waals surface area (Å²) in [4.78, 5) is 21.7. The number of aryl methyl sites for hydroxylation is 1. The average molecular weight is 220 g/mol. The van der Waals surface area contributed by atoms with Crippen LogP contribution in [-0.4, -0.2) is 18.4 Å². The molecule has 1 aromatic carbocycles. The summed E-state index contributed by atoms with van der Waals surface area (Å²) in [7, 11) is 0. The molecule has 0 aliphatic rings. The van der Waals surface area contributed by atoms with Crippen LogP contribution in [0.1, 0.15) is 19.4 Å². The summed E-state index contributed by atoms with van der Waals surface area (Å²) in [6.07, 6.45) is 1.49. The van der Waals surface area contributed by atoms with Crippen LogP contribution < -0.4 is 10.6 Å². The molecule has 1 unspecified atom stereocenters. The van der Waals surface area contributed by atoms with Crippen molar-refractivity contribution in [3.63, 3.8) is 0 Å². The molecule has 0 radical (unpaired) electrons. The Hall–Kier alpha value is -1.84. The minimum atomic E-state index is -0.525. The standard InChI is InChI=1S/C12H16N2O2/c1-3-10-4-6-11(7-5-10)14-12(16)9(2)13-8-15/h4-9H,3H2,1-2H3,(H,13,15)(H,14,16). The number of rotatable bonds is 5. The summed E-state index contributed by atoms with van der Waals surface area (Å²) >= 11 is 0. The number of benzene rings is 1. The lowest BCUT2D eigenvalue weighted by Crippen LogP contribution is -2.37. The Labute approximate surface area is 95.0 Å². The number of carbonyl (C=O) groups is 2. The van der Waals surface area contributed by atoms with E-state index in [2.05, 4.69) is 17.6 Å². The molecule has 0 fully saturated rings. The molecule has 1 atom stereocenters. The van der Waals surface area contributed by atoms with Gasteiger partial charge in [0.1, 0.15) is 6.04 Å². The van der Waals surface area contributed by atoms with E-state index in [1.165, 1.54) is 5.56 Å². The van der Waals surface area contributed by atoms with Crippen molar-refractivity contribution in [1.29, 1.82) is 0 Å². The van der Waals surface area contributed by atoms with Crippen molar-refractivity contribution in [2.45, 2.75) is 26.3 Å². The first-order chi connectivity index (χ1) is 7.67. The monoisotopic (exact) mass is 220 g/mol. The fourth-order valence-electron chi connectivity index (χ4n) is 1.25. The highest BCUT2D eigenvalue weighted by molar-refractivity contribution is 5.95. The predicted octanol–water partition coefficient (Wildman–Crippen LogP) is 1.32. The Morgan fingerprint density at radius 3 is 2.50 bits per heavy atom. The average Bonchev–Trinajstić information content (AvgIpc) is 2.30. The van der Waals surface area contributed by atoms with Crippen LogP contribution in [0.3, 0.4) is 0 Å². The molecule has 1 rings (SSSR count). The van der Waals surface area contributed by atoms with Crippen molar-refractivity contribution >= 4 is 18.0 Å². The molecule has 4 heteroatoms. The van der Waals surface area contributed by atoms with Gasteiger partial charge < -0.3 is 10.6 Å². The molecule has 0 saturated carbocycles. The van der Waals surface area contributed by atoms with Crippen LogP contribution in [0.2, 0.25) is 0 Å². The molecule has 0 aliphatic heterocycles. The van der Waals surface area contributed by atoms with Gasteiger partial charge in [0.2, 0.25) is 12.3 Å². The number of nitrogens with one attached hydrogen (secondary N) is 2. The van der Waals surface area contributed by atoms with Crippen molar-refractivity contribution in [2.75, 3.05) is 5.32 Å². The maximum absolute atomic E-state index is 11.5. The molecule has 2 amide bonds. The lowest BCUT2D eigenvalue weighted by Gasteiger charge is -2.11. The van der Waals surface area contributed by atoms with Gasteiger partial charge in [-0.3, -0.25) is 9.59 Å². The van der Waals surface area contributed by atoms with E-state index in [0.29, 0.717) is 6.41 Å². The van der Waals surface area contributed by atoms with Gasteiger partial charge >= 0.3 is 0 Å². The number of anilines is 1. The Kier molecular flexibility index (Phi) is 4.51. The van der Waals surface area contributed by atoms with Gasteiger partial charge in [0.25, 0.3) is 0 Å². The van der Waals surface area contributed by atoms with Gasteiger partial charge in [0, 0.05) is 5.69 Å². The van der Waals surface area contributed by atoms with E-state index < -0.39 is 6.04 Å². The van der Waals surface area contributed by atoms with E-state index in [4.69, 9.17) is 0 Å². The van der Waals surface area contributed by atoms with E-state index in [0.717, 1.165) is 12.1 Å². The fourth-order valence-corrected chi connectivity index (χ4v) is 1.25. The molecule has 0 spiro atoms. The first kappa shape index (κ1) is 12.2. The van der Waals surface area contributed by atoms with Gasteiger partial charge in [-0.05, 0) is 31.0 Å². The molecule has 86 valence electrons. The summed E-state index contributed by atoms with van der Waals surface area (Å²) < 4.78 is 0.